The maximum atomic E-state index is 5.90. The molecule has 0 bridgehead atoms. The first kappa shape index (κ1) is 13.2. The van der Waals surface area contributed by atoms with Gasteiger partial charge in [-0.2, -0.15) is 0 Å². The van der Waals surface area contributed by atoms with Crippen LogP contribution in [-0.4, -0.2) is 4.98 Å². The monoisotopic (exact) mass is 326 g/mol. The highest BCUT2D eigenvalue weighted by molar-refractivity contribution is 9.10. The summed E-state index contributed by atoms with van der Waals surface area (Å²) in [6, 6.07) is 5.44. The Bertz CT molecular complexity index is 602. The average molecular weight is 328 g/mol. The molecule has 1 aromatic carbocycles. The molecule has 0 atom stereocenters. The van der Waals surface area contributed by atoms with E-state index in [1.165, 1.54) is 0 Å². The molecule has 2 aromatic rings. The molecule has 94 valence electrons. The number of benzene rings is 1. The molecule has 0 saturated carbocycles. The largest absolute Gasteiger partial charge is 0.438 e. The van der Waals surface area contributed by atoms with E-state index in [-0.39, 0.29) is 0 Å². The van der Waals surface area contributed by atoms with Gasteiger partial charge in [-0.25, -0.2) is 4.98 Å². The van der Waals surface area contributed by atoms with Gasteiger partial charge in [-0.1, -0.05) is 11.6 Å². The van der Waals surface area contributed by atoms with E-state index in [4.69, 9.17) is 22.1 Å². The van der Waals surface area contributed by atoms with Gasteiger partial charge in [0.15, 0.2) is 0 Å². The fourth-order valence-electron chi connectivity index (χ4n) is 1.47. The highest BCUT2D eigenvalue weighted by Gasteiger charge is 2.11. The van der Waals surface area contributed by atoms with Crippen molar-refractivity contribution >= 4 is 33.2 Å². The van der Waals surface area contributed by atoms with Crippen molar-refractivity contribution in [1.82, 2.24) is 4.98 Å². The molecule has 5 heteroatoms. The number of anilines is 1. The predicted molar refractivity (Wildman–Crippen MR) is 77.3 cm³/mol. The number of aromatic nitrogens is 1. The summed E-state index contributed by atoms with van der Waals surface area (Å²) in [6.45, 7) is 3.84. The molecule has 0 aliphatic rings. The Morgan fingerprint density at radius 3 is 2.72 bits per heavy atom. The average Bonchev–Trinajstić information content (AvgIpc) is 2.33. The third-order valence-corrected chi connectivity index (χ3v) is 3.78. The van der Waals surface area contributed by atoms with Crippen LogP contribution in [0.3, 0.4) is 0 Å². The number of pyridine rings is 1. The summed E-state index contributed by atoms with van der Waals surface area (Å²) in [5.41, 5.74) is 8.25. The highest BCUT2D eigenvalue weighted by Crippen LogP contribution is 2.34. The van der Waals surface area contributed by atoms with Crippen LogP contribution in [0.5, 0.6) is 11.6 Å². The second-order valence-electron chi connectivity index (χ2n) is 3.97. The number of ether oxygens (including phenoxy) is 1. The lowest BCUT2D eigenvalue weighted by Gasteiger charge is -2.11. The topological polar surface area (TPSA) is 48.1 Å². The van der Waals surface area contributed by atoms with E-state index >= 15 is 0 Å². The van der Waals surface area contributed by atoms with Gasteiger partial charge >= 0.3 is 0 Å². The Labute approximate surface area is 119 Å². The van der Waals surface area contributed by atoms with E-state index in [1.807, 2.05) is 26.0 Å². The number of nitrogen functional groups attached to an aromatic ring is 1. The van der Waals surface area contributed by atoms with E-state index in [0.717, 1.165) is 21.3 Å². The van der Waals surface area contributed by atoms with Crippen LogP contribution in [0.15, 0.2) is 28.9 Å². The summed E-state index contributed by atoms with van der Waals surface area (Å²) in [5, 5.41) is 0.681. The van der Waals surface area contributed by atoms with Crippen LogP contribution in [-0.2, 0) is 0 Å². The van der Waals surface area contributed by atoms with E-state index in [9.17, 15) is 0 Å². The fourth-order valence-corrected chi connectivity index (χ4v) is 2.11. The molecule has 2 rings (SSSR count). The zero-order valence-electron chi connectivity index (χ0n) is 10.00. The maximum absolute atomic E-state index is 5.90. The van der Waals surface area contributed by atoms with Crippen molar-refractivity contribution < 1.29 is 4.74 Å². The highest BCUT2D eigenvalue weighted by atomic mass is 79.9. The number of aryl methyl sites for hydroxylation is 1. The number of nitrogens with two attached hydrogens (primary N) is 1. The van der Waals surface area contributed by atoms with Gasteiger partial charge in [0.05, 0.1) is 16.4 Å². The van der Waals surface area contributed by atoms with Crippen molar-refractivity contribution in [3.05, 3.63) is 45.0 Å². The molecular formula is C13H12BrClN2O. The molecule has 2 N–H and O–H groups in total. The lowest BCUT2D eigenvalue weighted by molar-refractivity contribution is 0.456. The molecule has 3 nitrogen and oxygen atoms in total. The number of halogens is 2. The third-order valence-electron chi connectivity index (χ3n) is 2.61. The summed E-state index contributed by atoms with van der Waals surface area (Å²) in [7, 11) is 0. The molecule has 1 aromatic heterocycles. The molecule has 0 amide bonds. The van der Waals surface area contributed by atoms with E-state index in [2.05, 4.69) is 20.9 Å². The summed E-state index contributed by atoms with van der Waals surface area (Å²) in [5.74, 6) is 1.21. The second kappa shape index (κ2) is 5.16. The minimum atomic E-state index is 0.493. The molecular weight excluding hydrogens is 316 g/mol. The summed E-state index contributed by atoms with van der Waals surface area (Å²) >= 11 is 9.33. The van der Waals surface area contributed by atoms with Gasteiger partial charge in [0.1, 0.15) is 5.75 Å². The standard InChI is InChI=1S/C13H12BrClN2O/c1-7-5-9(15)3-4-11(7)18-13-12(14)8(2)10(16)6-17-13/h3-6H,16H2,1-2H3. The zero-order valence-corrected chi connectivity index (χ0v) is 12.3. The lowest BCUT2D eigenvalue weighted by atomic mass is 10.2. The first-order valence-electron chi connectivity index (χ1n) is 5.33. The number of nitrogens with zero attached hydrogens (tertiary/aromatic N) is 1. The van der Waals surface area contributed by atoms with Crippen LogP contribution in [0, 0.1) is 13.8 Å². The SMILES string of the molecule is Cc1cc(Cl)ccc1Oc1ncc(N)c(C)c1Br. The van der Waals surface area contributed by atoms with Crippen LogP contribution in [0.2, 0.25) is 5.02 Å². The van der Waals surface area contributed by atoms with Gasteiger partial charge in [-0.3, -0.25) is 0 Å². The minimum Gasteiger partial charge on any atom is -0.438 e. The first-order valence-corrected chi connectivity index (χ1v) is 6.50. The molecule has 0 aliphatic heterocycles. The van der Waals surface area contributed by atoms with Gasteiger partial charge in [0.25, 0.3) is 0 Å². The Hall–Kier alpha value is -1.26. The van der Waals surface area contributed by atoms with Crippen molar-refractivity contribution in [1.29, 1.82) is 0 Å². The first-order chi connectivity index (χ1) is 8.49. The molecule has 0 saturated heterocycles. The van der Waals surface area contributed by atoms with Gasteiger partial charge in [0, 0.05) is 5.02 Å². The van der Waals surface area contributed by atoms with E-state index in [0.29, 0.717) is 16.6 Å². The Morgan fingerprint density at radius 1 is 1.33 bits per heavy atom. The molecule has 0 spiro atoms. The van der Waals surface area contributed by atoms with Crippen molar-refractivity contribution in [3.8, 4) is 11.6 Å². The smallest absolute Gasteiger partial charge is 0.234 e. The van der Waals surface area contributed by atoms with Crippen LogP contribution < -0.4 is 10.5 Å². The van der Waals surface area contributed by atoms with Crippen LogP contribution in [0.1, 0.15) is 11.1 Å². The molecule has 0 aliphatic carbocycles. The van der Waals surface area contributed by atoms with Gasteiger partial charge < -0.3 is 10.5 Å². The van der Waals surface area contributed by atoms with Crippen molar-refractivity contribution in [2.24, 2.45) is 0 Å². The van der Waals surface area contributed by atoms with E-state index in [1.54, 1.807) is 12.3 Å². The molecule has 18 heavy (non-hydrogen) atoms. The van der Waals surface area contributed by atoms with Crippen LogP contribution in [0.25, 0.3) is 0 Å². The number of hydrogen-bond donors (Lipinski definition) is 1. The predicted octanol–water partition coefficient (Wildman–Crippen LogP) is 4.49. The van der Waals surface area contributed by atoms with Crippen molar-refractivity contribution in [2.45, 2.75) is 13.8 Å². The molecule has 1 heterocycles. The quantitative estimate of drug-likeness (QED) is 0.884. The van der Waals surface area contributed by atoms with Crippen LogP contribution in [0.4, 0.5) is 5.69 Å². The Kier molecular flexibility index (Phi) is 3.78. The summed E-state index contributed by atoms with van der Waals surface area (Å²) < 4.78 is 6.52. The van der Waals surface area contributed by atoms with E-state index < -0.39 is 0 Å². The maximum Gasteiger partial charge on any atom is 0.234 e. The fraction of sp³-hybridized carbons (Fsp3) is 0.154. The third kappa shape index (κ3) is 2.60. The van der Waals surface area contributed by atoms with Crippen molar-refractivity contribution in [2.75, 3.05) is 5.73 Å². The normalized spacial score (nSPS) is 10.4. The summed E-state index contributed by atoms with van der Waals surface area (Å²) in [4.78, 5) is 4.17. The number of hydrogen-bond acceptors (Lipinski definition) is 3. The Morgan fingerprint density at radius 2 is 2.06 bits per heavy atom. The second-order valence-corrected chi connectivity index (χ2v) is 5.20. The molecule has 0 radical (unpaired) electrons. The number of rotatable bonds is 2. The van der Waals surface area contributed by atoms with Crippen molar-refractivity contribution in [3.63, 3.8) is 0 Å². The lowest BCUT2D eigenvalue weighted by Crippen LogP contribution is -1.97. The zero-order chi connectivity index (χ0) is 13.3. The molecule has 0 fully saturated rings. The van der Waals surface area contributed by atoms with Gasteiger partial charge in [-0.15, -0.1) is 0 Å². The van der Waals surface area contributed by atoms with Crippen LogP contribution >= 0.6 is 27.5 Å². The Balaban J connectivity index is 2.37. The van der Waals surface area contributed by atoms with Gasteiger partial charge in [0.2, 0.25) is 5.88 Å². The molecule has 0 unspecified atom stereocenters. The van der Waals surface area contributed by atoms with Gasteiger partial charge in [-0.05, 0) is 59.1 Å². The minimum absolute atomic E-state index is 0.493. The summed E-state index contributed by atoms with van der Waals surface area (Å²) in [6.07, 6.45) is 1.58.